The van der Waals surface area contributed by atoms with E-state index in [1.807, 2.05) is 37.5 Å². The topological polar surface area (TPSA) is 64.7 Å². The van der Waals surface area contributed by atoms with Gasteiger partial charge in [0, 0.05) is 37.6 Å². The molecule has 0 unspecified atom stereocenters. The van der Waals surface area contributed by atoms with Crippen LogP contribution in [0, 0.1) is 0 Å². The van der Waals surface area contributed by atoms with Gasteiger partial charge in [-0.3, -0.25) is 4.79 Å². The summed E-state index contributed by atoms with van der Waals surface area (Å²) >= 11 is 13.3. The Morgan fingerprint density at radius 2 is 1.85 bits per heavy atom. The van der Waals surface area contributed by atoms with Crippen LogP contribution < -0.4 is 5.32 Å². The molecule has 0 saturated carbocycles. The molecular weight excluding hydrogens is 477 g/mol. The second-order valence-corrected chi connectivity index (χ2v) is 9.30. The molecule has 0 atom stereocenters. The highest BCUT2D eigenvalue weighted by Gasteiger charge is 2.16. The lowest BCUT2D eigenvalue weighted by Crippen LogP contribution is -2.15. The molecule has 0 aliphatic rings. The van der Waals surface area contributed by atoms with Gasteiger partial charge in [0.05, 0.1) is 15.8 Å². The number of halogens is 2. The molecule has 33 heavy (non-hydrogen) atoms. The summed E-state index contributed by atoms with van der Waals surface area (Å²) in [5.74, 6) is 0.925. The van der Waals surface area contributed by atoms with Crippen LogP contribution in [0.4, 0.5) is 5.69 Å². The zero-order valence-electron chi connectivity index (χ0n) is 18.0. The van der Waals surface area contributed by atoms with Crippen LogP contribution >= 0.6 is 35.0 Å². The van der Waals surface area contributed by atoms with E-state index in [-0.39, 0.29) is 11.7 Å². The average molecular weight is 500 g/mol. The summed E-state index contributed by atoms with van der Waals surface area (Å²) in [6.07, 6.45) is 3.53. The summed E-state index contributed by atoms with van der Waals surface area (Å²) < 4.78 is 4.19. The minimum absolute atomic E-state index is 0.153. The van der Waals surface area contributed by atoms with Gasteiger partial charge in [-0.15, -0.1) is 10.2 Å². The van der Waals surface area contributed by atoms with Crippen LogP contribution in [-0.2, 0) is 31.2 Å². The number of nitrogens with zero attached hydrogens (tertiary/aromatic N) is 4. The van der Waals surface area contributed by atoms with Crippen LogP contribution in [0.25, 0.3) is 0 Å². The van der Waals surface area contributed by atoms with Crippen LogP contribution in [0.15, 0.2) is 72.0 Å². The van der Waals surface area contributed by atoms with Gasteiger partial charge in [0.15, 0.2) is 5.16 Å². The first-order valence-corrected chi connectivity index (χ1v) is 12.2. The number of hydrogen-bond acceptors (Lipinski definition) is 4. The van der Waals surface area contributed by atoms with Crippen LogP contribution in [0.2, 0.25) is 10.0 Å². The Labute approximate surface area is 206 Å². The van der Waals surface area contributed by atoms with E-state index in [9.17, 15) is 4.79 Å². The third-order valence-electron chi connectivity index (χ3n) is 5.19. The maximum Gasteiger partial charge on any atom is 0.234 e. The summed E-state index contributed by atoms with van der Waals surface area (Å²) in [6.45, 7) is 0.730. The highest BCUT2D eigenvalue weighted by atomic mass is 35.5. The molecule has 0 aliphatic carbocycles. The molecule has 4 rings (SSSR count). The maximum atomic E-state index is 12.5. The molecule has 0 saturated heterocycles. The quantitative estimate of drug-likeness (QED) is 0.309. The lowest BCUT2D eigenvalue weighted by Gasteiger charge is -2.11. The van der Waals surface area contributed by atoms with Gasteiger partial charge in [-0.1, -0.05) is 65.3 Å². The molecule has 6 nitrogen and oxygen atoms in total. The predicted molar refractivity (Wildman–Crippen MR) is 134 cm³/mol. The number of carbonyl (C=O) groups is 1. The van der Waals surface area contributed by atoms with E-state index >= 15 is 0 Å². The zero-order chi connectivity index (χ0) is 23.2. The SMILES string of the molecule is Cn1cccc1Cc1nnc(SCC(=O)Nc2ccc(Cl)c(Cl)c2)n1CCc1ccccc1. The highest BCUT2D eigenvalue weighted by Crippen LogP contribution is 2.25. The summed E-state index contributed by atoms with van der Waals surface area (Å²) in [5, 5.41) is 13.2. The standard InChI is InChI=1S/C24H23Cl2N5OS/c1-30-12-5-8-19(30)15-22-28-29-24(31(22)13-11-17-6-3-2-4-7-17)33-16-23(32)27-18-9-10-20(25)21(26)14-18/h2-10,12,14H,11,13,15-16H2,1H3,(H,27,32). The molecule has 0 aliphatic heterocycles. The van der Waals surface area contributed by atoms with Crippen LogP contribution in [0.3, 0.4) is 0 Å². The number of thioether (sulfide) groups is 1. The molecule has 9 heteroatoms. The van der Waals surface area contributed by atoms with Crippen molar-refractivity contribution in [2.24, 2.45) is 7.05 Å². The molecule has 2 heterocycles. The van der Waals surface area contributed by atoms with E-state index in [4.69, 9.17) is 23.2 Å². The van der Waals surface area contributed by atoms with Gasteiger partial charge in [0.2, 0.25) is 5.91 Å². The average Bonchev–Trinajstić information content (AvgIpc) is 3.40. The molecule has 0 spiro atoms. The fraction of sp³-hybridized carbons (Fsp3) is 0.208. The molecule has 2 aromatic carbocycles. The smallest absolute Gasteiger partial charge is 0.234 e. The molecule has 2 aromatic heterocycles. The van der Waals surface area contributed by atoms with Crippen molar-refractivity contribution in [3.8, 4) is 0 Å². The van der Waals surface area contributed by atoms with Gasteiger partial charge in [-0.05, 0) is 42.3 Å². The first-order chi connectivity index (χ1) is 16.0. The predicted octanol–water partition coefficient (Wildman–Crippen LogP) is 5.49. The van der Waals surface area contributed by atoms with Crippen molar-refractivity contribution in [1.82, 2.24) is 19.3 Å². The third-order valence-corrected chi connectivity index (χ3v) is 6.89. The minimum atomic E-state index is -0.153. The first-order valence-electron chi connectivity index (χ1n) is 10.4. The van der Waals surface area contributed by atoms with Crippen molar-refractivity contribution in [2.45, 2.75) is 24.5 Å². The number of benzene rings is 2. The molecule has 0 radical (unpaired) electrons. The normalized spacial score (nSPS) is 11.0. The van der Waals surface area contributed by atoms with Crippen molar-refractivity contribution in [3.63, 3.8) is 0 Å². The van der Waals surface area contributed by atoms with E-state index in [1.165, 1.54) is 17.3 Å². The van der Waals surface area contributed by atoms with Crippen molar-refractivity contribution < 1.29 is 4.79 Å². The number of nitrogens with one attached hydrogen (secondary N) is 1. The van der Waals surface area contributed by atoms with Crippen LogP contribution in [-0.4, -0.2) is 31.0 Å². The second-order valence-electron chi connectivity index (χ2n) is 7.54. The van der Waals surface area contributed by atoms with E-state index in [0.717, 1.165) is 29.6 Å². The minimum Gasteiger partial charge on any atom is -0.354 e. The lowest BCUT2D eigenvalue weighted by atomic mass is 10.1. The molecule has 1 N–H and O–H groups in total. The zero-order valence-corrected chi connectivity index (χ0v) is 20.4. The molecule has 170 valence electrons. The number of anilines is 1. The molecule has 0 bridgehead atoms. The Kier molecular flexibility index (Phi) is 7.75. The largest absolute Gasteiger partial charge is 0.354 e. The molecule has 0 fully saturated rings. The Morgan fingerprint density at radius 3 is 2.58 bits per heavy atom. The Morgan fingerprint density at radius 1 is 1.03 bits per heavy atom. The van der Waals surface area contributed by atoms with Gasteiger partial charge in [0.25, 0.3) is 0 Å². The van der Waals surface area contributed by atoms with Gasteiger partial charge >= 0.3 is 0 Å². The summed E-state index contributed by atoms with van der Waals surface area (Å²) in [4.78, 5) is 12.5. The van der Waals surface area contributed by atoms with Crippen molar-refractivity contribution >= 4 is 46.6 Å². The van der Waals surface area contributed by atoms with Gasteiger partial charge in [0.1, 0.15) is 5.82 Å². The number of carbonyl (C=O) groups excluding carboxylic acids is 1. The van der Waals surface area contributed by atoms with Crippen LogP contribution in [0.5, 0.6) is 0 Å². The van der Waals surface area contributed by atoms with Gasteiger partial charge in [-0.25, -0.2) is 0 Å². The number of aryl methyl sites for hydroxylation is 2. The number of amides is 1. The van der Waals surface area contributed by atoms with Crippen molar-refractivity contribution in [1.29, 1.82) is 0 Å². The Bertz CT molecular complexity index is 1240. The van der Waals surface area contributed by atoms with Crippen LogP contribution in [0.1, 0.15) is 17.1 Å². The highest BCUT2D eigenvalue weighted by molar-refractivity contribution is 7.99. The van der Waals surface area contributed by atoms with Gasteiger partial charge in [-0.2, -0.15) is 0 Å². The Hall–Kier alpha value is -2.74. The fourth-order valence-corrected chi connectivity index (χ4v) is 4.49. The van der Waals surface area contributed by atoms with E-state index in [0.29, 0.717) is 22.2 Å². The fourth-order valence-electron chi connectivity index (χ4n) is 3.41. The number of aromatic nitrogens is 4. The number of rotatable bonds is 9. The molecular formula is C24H23Cl2N5OS. The maximum absolute atomic E-state index is 12.5. The summed E-state index contributed by atoms with van der Waals surface area (Å²) in [5.41, 5.74) is 2.99. The molecule has 4 aromatic rings. The van der Waals surface area contributed by atoms with E-state index < -0.39 is 0 Å². The summed E-state index contributed by atoms with van der Waals surface area (Å²) in [7, 11) is 2.02. The monoisotopic (exact) mass is 499 g/mol. The second kappa shape index (κ2) is 10.9. The number of hydrogen-bond donors (Lipinski definition) is 1. The lowest BCUT2D eigenvalue weighted by molar-refractivity contribution is -0.113. The van der Waals surface area contributed by atoms with E-state index in [2.05, 4.69) is 42.8 Å². The Balaban J connectivity index is 1.46. The van der Waals surface area contributed by atoms with Crippen molar-refractivity contribution in [2.75, 3.05) is 11.1 Å². The van der Waals surface area contributed by atoms with E-state index in [1.54, 1.807) is 18.2 Å². The van der Waals surface area contributed by atoms with Gasteiger partial charge < -0.3 is 14.5 Å². The third kappa shape index (κ3) is 6.19. The first kappa shape index (κ1) is 23.4. The van der Waals surface area contributed by atoms with Crippen molar-refractivity contribution in [3.05, 3.63) is 94.0 Å². The summed E-state index contributed by atoms with van der Waals surface area (Å²) in [6, 6.07) is 19.4. The molecule has 1 amide bonds.